The average molecular weight is 420 g/mol. The third-order valence-electron chi connectivity index (χ3n) is 4.46. The molecule has 0 unspecified atom stereocenters. The predicted octanol–water partition coefficient (Wildman–Crippen LogP) is 5.67. The molecule has 0 aromatic heterocycles. The van der Waals surface area contributed by atoms with Crippen molar-refractivity contribution in [1.82, 2.24) is 0 Å². The first-order valence-electron chi connectivity index (χ1n) is 8.96. The lowest BCUT2D eigenvalue weighted by Crippen LogP contribution is -2.47. The fourth-order valence-corrected chi connectivity index (χ4v) is 3.00. The SMILES string of the molecule is CCCC1COC(C(F)(F)Oc2ccc(-c3ccc(F)c(F)c3)c(F)c2F)OC1. The maximum absolute atomic E-state index is 14.4. The number of ether oxygens (including phenoxy) is 3. The van der Waals surface area contributed by atoms with E-state index in [1.54, 1.807) is 0 Å². The summed E-state index contributed by atoms with van der Waals surface area (Å²) < 4.78 is 97.9. The Bertz CT molecular complexity index is 866. The molecule has 158 valence electrons. The van der Waals surface area contributed by atoms with E-state index in [0.29, 0.717) is 6.07 Å². The van der Waals surface area contributed by atoms with Crippen LogP contribution < -0.4 is 4.74 Å². The quantitative estimate of drug-likeness (QED) is 0.564. The normalized spacial score (nSPS) is 20.0. The number of rotatable bonds is 6. The third-order valence-corrected chi connectivity index (χ3v) is 4.46. The van der Waals surface area contributed by atoms with E-state index in [1.165, 1.54) is 0 Å². The van der Waals surface area contributed by atoms with Crippen molar-refractivity contribution in [2.45, 2.75) is 32.2 Å². The zero-order chi connectivity index (χ0) is 21.2. The Morgan fingerprint density at radius 1 is 0.966 bits per heavy atom. The molecule has 0 spiro atoms. The van der Waals surface area contributed by atoms with Crippen LogP contribution in [0.2, 0.25) is 0 Å². The molecular formula is C20H18F6O3. The maximum Gasteiger partial charge on any atom is 0.451 e. The second-order valence-electron chi connectivity index (χ2n) is 6.69. The summed E-state index contributed by atoms with van der Waals surface area (Å²) in [6.45, 7) is 2.00. The molecule has 9 heteroatoms. The minimum absolute atomic E-state index is 0.0309. The zero-order valence-electron chi connectivity index (χ0n) is 15.4. The van der Waals surface area contributed by atoms with Crippen LogP contribution in [0.3, 0.4) is 0 Å². The van der Waals surface area contributed by atoms with Crippen molar-refractivity contribution in [1.29, 1.82) is 0 Å². The molecule has 0 amide bonds. The first-order valence-corrected chi connectivity index (χ1v) is 8.96. The molecular weight excluding hydrogens is 402 g/mol. The van der Waals surface area contributed by atoms with Crippen LogP contribution in [0, 0.1) is 29.2 Å². The minimum atomic E-state index is -4.08. The summed E-state index contributed by atoms with van der Waals surface area (Å²) in [6.07, 6.45) is -4.56. The van der Waals surface area contributed by atoms with Crippen LogP contribution in [0.25, 0.3) is 11.1 Å². The van der Waals surface area contributed by atoms with Crippen molar-refractivity contribution in [3.8, 4) is 16.9 Å². The number of hydrogen-bond donors (Lipinski definition) is 0. The van der Waals surface area contributed by atoms with Gasteiger partial charge in [0, 0.05) is 11.5 Å². The van der Waals surface area contributed by atoms with Crippen LogP contribution in [0.15, 0.2) is 30.3 Å². The second-order valence-corrected chi connectivity index (χ2v) is 6.69. The average Bonchev–Trinajstić information content (AvgIpc) is 2.68. The molecule has 0 bridgehead atoms. The molecule has 0 saturated carbocycles. The minimum Gasteiger partial charge on any atom is -0.426 e. The van der Waals surface area contributed by atoms with E-state index >= 15 is 0 Å². The Hall–Kier alpha value is -2.26. The van der Waals surface area contributed by atoms with E-state index in [1.807, 2.05) is 6.92 Å². The van der Waals surface area contributed by atoms with Crippen molar-refractivity contribution < 1.29 is 40.6 Å². The van der Waals surface area contributed by atoms with Gasteiger partial charge in [-0.3, -0.25) is 0 Å². The molecule has 1 saturated heterocycles. The van der Waals surface area contributed by atoms with Gasteiger partial charge in [0.1, 0.15) is 0 Å². The van der Waals surface area contributed by atoms with Crippen LogP contribution in [-0.4, -0.2) is 25.6 Å². The van der Waals surface area contributed by atoms with Crippen molar-refractivity contribution in [2.75, 3.05) is 13.2 Å². The smallest absolute Gasteiger partial charge is 0.426 e. The van der Waals surface area contributed by atoms with Crippen molar-refractivity contribution in [3.63, 3.8) is 0 Å². The van der Waals surface area contributed by atoms with Gasteiger partial charge in [0.2, 0.25) is 5.82 Å². The van der Waals surface area contributed by atoms with E-state index in [4.69, 9.17) is 9.47 Å². The van der Waals surface area contributed by atoms with Gasteiger partial charge in [0.25, 0.3) is 6.29 Å². The van der Waals surface area contributed by atoms with Crippen molar-refractivity contribution in [2.24, 2.45) is 5.92 Å². The Kier molecular flexibility index (Phi) is 6.38. The van der Waals surface area contributed by atoms with Gasteiger partial charge in [0.05, 0.1) is 13.2 Å². The monoisotopic (exact) mass is 420 g/mol. The third kappa shape index (κ3) is 4.67. The topological polar surface area (TPSA) is 27.7 Å². The first kappa shape index (κ1) is 21.4. The van der Waals surface area contributed by atoms with E-state index < -0.39 is 47.0 Å². The molecule has 0 aliphatic carbocycles. The predicted molar refractivity (Wildman–Crippen MR) is 91.4 cm³/mol. The zero-order valence-corrected chi connectivity index (χ0v) is 15.4. The lowest BCUT2D eigenvalue weighted by molar-refractivity contribution is -0.352. The summed E-state index contributed by atoms with van der Waals surface area (Å²) in [4.78, 5) is 0. The molecule has 3 nitrogen and oxygen atoms in total. The highest BCUT2D eigenvalue weighted by Crippen LogP contribution is 2.35. The summed E-state index contributed by atoms with van der Waals surface area (Å²) in [5, 5.41) is 0. The highest BCUT2D eigenvalue weighted by atomic mass is 19.3. The van der Waals surface area contributed by atoms with Gasteiger partial charge in [-0.15, -0.1) is 0 Å². The van der Waals surface area contributed by atoms with Gasteiger partial charge in [-0.2, -0.15) is 13.2 Å². The van der Waals surface area contributed by atoms with Gasteiger partial charge >= 0.3 is 6.11 Å². The standard InChI is InChI=1S/C20H18F6O3/c1-2-3-11-9-27-19(28-10-11)20(25,26)29-16-7-5-13(17(23)18(16)24)12-4-6-14(21)15(22)8-12/h4-8,11,19H,2-3,9-10H2,1H3. The summed E-state index contributed by atoms with van der Waals surface area (Å²) in [5.74, 6) is -6.77. The molecule has 1 fully saturated rings. The lowest BCUT2D eigenvalue weighted by Gasteiger charge is -2.33. The highest BCUT2D eigenvalue weighted by molar-refractivity contribution is 5.65. The molecule has 0 N–H and O–H groups in total. The number of alkyl halides is 2. The number of hydrogen-bond acceptors (Lipinski definition) is 3. The molecule has 1 heterocycles. The highest BCUT2D eigenvalue weighted by Gasteiger charge is 2.47. The van der Waals surface area contributed by atoms with E-state index in [9.17, 15) is 26.3 Å². The van der Waals surface area contributed by atoms with E-state index in [0.717, 1.165) is 37.1 Å². The van der Waals surface area contributed by atoms with Gasteiger partial charge in [-0.25, -0.2) is 13.2 Å². The molecule has 1 aliphatic heterocycles. The fourth-order valence-electron chi connectivity index (χ4n) is 3.00. The summed E-state index contributed by atoms with van der Waals surface area (Å²) in [5.41, 5.74) is -0.607. The van der Waals surface area contributed by atoms with Gasteiger partial charge in [0.15, 0.2) is 23.2 Å². The Morgan fingerprint density at radius 2 is 1.66 bits per heavy atom. The van der Waals surface area contributed by atoms with Crippen LogP contribution >= 0.6 is 0 Å². The fraction of sp³-hybridized carbons (Fsp3) is 0.400. The lowest BCUT2D eigenvalue weighted by atomic mass is 10.0. The summed E-state index contributed by atoms with van der Waals surface area (Å²) >= 11 is 0. The summed E-state index contributed by atoms with van der Waals surface area (Å²) in [7, 11) is 0. The number of benzene rings is 2. The molecule has 0 atom stereocenters. The van der Waals surface area contributed by atoms with Crippen molar-refractivity contribution >= 4 is 0 Å². The number of halogens is 6. The molecule has 29 heavy (non-hydrogen) atoms. The van der Waals surface area contributed by atoms with Crippen LogP contribution in [0.4, 0.5) is 26.3 Å². The molecule has 3 rings (SSSR count). The first-order chi connectivity index (χ1) is 13.7. The Morgan fingerprint density at radius 3 is 2.28 bits per heavy atom. The molecule has 2 aromatic rings. The van der Waals surface area contributed by atoms with Crippen LogP contribution in [0.1, 0.15) is 19.8 Å². The van der Waals surface area contributed by atoms with E-state index in [-0.39, 0.29) is 24.7 Å². The molecule has 1 aliphatic rings. The maximum atomic E-state index is 14.4. The molecule has 2 aromatic carbocycles. The van der Waals surface area contributed by atoms with Gasteiger partial charge < -0.3 is 14.2 Å². The molecule has 0 radical (unpaired) electrons. The van der Waals surface area contributed by atoms with E-state index in [2.05, 4.69) is 4.74 Å². The second kappa shape index (κ2) is 8.62. The largest absolute Gasteiger partial charge is 0.451 e. The van der Waals surface area contributed by atoms with Crippen molar-refractivity contribution in [3.05, 3.63) is 53.6 Å². The van der Waals surface area contributed by atoms with Gasteiger partial charge in [-0.1, -0.05) is 19.4 Å². The van der Waals surface area contributed by atoms with Crippen LogP contribution in [0.5, 0.6) is 5.75 Å². The van der Waals surface area contributed by atoms with Crippen LogP contribution in [-0.2, 0) is 9.47 Å². The summed E-state index contributed by atoms with van der Waals surface area (Å²) in [6, 6.07) is 4.13. The Balaban J connectivity index is 1.77. The Labute approximate surface area is 163 Å². The van der Waals surface area contributed by atoms with Gasteiger partial charge in [-0.05, 0) is 36.2 Å².